The highest BCUT2D eigenvalue weighted by molar-refractivity contribution is 5.97. The van der Waals surface area contributed by atoms with Gasteiger partial charge >= 0.3 is 5.97 Å². The van der Waals surface area contributed by atoms with Crippen molar-refractivity contribution in [2.24, 2.45) is 0 Å². The van der Waals surface area contributed by atoms with Crippen LogP contribution in [0.4, 0.5) is 11.4 Å². The maximum Gasteiger partial charge on any atom is 0.337 e. The van der Waals surface area contributed by atoms with Crippen LogP contribution in [0.1, 0.15) is 29.0 Å². The van der Waals surface area contributed by atoms with E-state index in [9.17, 15) is 4.79 Å². The SMILES string of the molecule is CC(Nc1c(N)cccc1C(=O)O)c1ccccn1. The number of rotatable bonds is 4. The third kappa shape index (κ3) is 2.82. The monoisotopic (exact) mass is 257 g/mol. The normalized spacial score (nSPS) is 11.8. The van der Waals surface area contributed by atoms with Gasteiger partial charge in [0.1, 0.15) is 0 Å². The molecule has 0 aliphatic heterocycles. The molecule has 0 bridgehead atoms. The number of hydrogen-bond donors (Lipinski definition) is 3. The highest BCUT2D eigenvalue weighted by Gasteiger charge is 2.15. The first-order chi connectivity index (χ1) is 9.09. The molecule has 5 nitrogen and oxygen atoms in total. The van der Waals surface area contributed by atoms with Crippen molar-refractivity contribution < 1.29 is 9.90 Å². The molecule has 1 aromatic carbocycles. The summed E-state index contributed by atoms with van der Waals surface area (Å²) in [5.74, 6) is -1.01. The molecule has 0 fully saturated rings. The first-order valence-corrected chi connectivity index (χ1v) is 5.89. The Kier molecular flexibility index (Phi) is 3.66. The number of nitrogen functional groups attached to an aromatic ring is 1. The third-order valence-corrected chi connectivity index (χ3v) is 2.82. The molecular formula is C14H15N3O2. The number of para-hydroxylation sites is 1. The van der Waals surface area contributed by atoms with Crippen molar-refractivity contribution in [3.05, 3.63) is 53.9 Å². The molecule has 0 radical (unpaired) electrons. The predicted octanol–water partition coefficient (Wildman–Crippen LogP) is 2.54. The summed E-state index contributed by atoms with van der Waals surface area (Å²) < 4.78 is 0. The maximum absolute atomic E-state index is 11.2. The Morgan fingerprint density at radius 1 is 1.32 bits per heavy atom. The second kappa shape index (κ2) is 5.39. The van der Waals surface area contributed by atoms with Crippen LogP contribution in [-0.2, 0) is 0 Å². The number of nitrogens with two attached hydrogens (primary N) is 1. The smallest absolute Gasteiger partial charge is 0.337 e. The van der Waals surface area contributed by atoms with Crippen LogP contribution in [0.25, 0.3) is 0 Å². The molecule has 0 spiro atoms. The summed E-state index contributed by atoms with van der Waals surface area (Å²) in [5, 5.41) is 12.3. The average Bonchev–Trinajstić information content (AvgIpc) is 2.41. The van der Waals surface area contributed by atoms with Crippen LogP contribution >= 0.6 is 0 Å². The molecule has 98 valence electrons. The van der Waals surface area contributed by atoms with Crippen molar-refractivity contribution in [2.75, 3.05) is 11.1 Å². The Bertz CT molecular complexity index is 584. The van der Waals surface area contributed by atoms with E-state index in [2.05, 4.69) is 10.3 Å². The Balaban J connectivity index is 2.31. The molecule has 0 saturated heterocycles. The number of aromatic nitrogens is 1. The topological polar surface area (TPSA) is 88.2 Å². The van der Waals surface area contributed by atoms with Crippen molar-refractivity contribution in [2.45, 2.75) is 13.0 Å². The van der Waals surface area contributed by atoms with Gasteiger partial charge in [-0.25, -0.2) is 4.79 Å². The minimum Gasteiger partial charge on any atom is -0.478 e. The third-order valence-electron chi connectivity index (χ3n) is 2.82. The van der Waals surface area contributed by atoms with Gasteiger partial charge in [0.05, 0.1) is 28.7 Å². The Labute approximate surface area is 111 Å². The van der Waals surface area contributed by atoms with Gasteiger partial charge in [0, 0.05) is 6.20 Å². The van der Waals surface area contributed by atoms with Crippen molar-refractivity contribution in [1.29, 1.82) is 0 Å². The van der Waals surface area contributed by atoms with Gasteiger partial charge in [-0.1, -0.05) is 12.1 Å². The van der Waals surface area contributed by atoms with Gasteiger partial charge < -0.3 is 16.2 Å². The van der Waals surface area contributed by atoms with E-state index < -0.39 is 5.97 Å². The highest BCUT2D eigenvalue weighted by atomic mass is 16.4. The number of aromatic carboxylic acids is 1. The molecule has 1 atom stereocenters. The molecule has 5 heteroatoms. The summed E-state index contributed by atoms with van der Waals surface area (Å²) in [4.78, 5) is 15.4. The average molecular weight is 257 g/mol. The van der Waals surface area contributed by atoms with Gasteiger partial charge in [-0.3, -0.25) is 4.98 Å². The Hall–Kier alpha value is -2.56. The summed E-state index contributed by atoms with van der Waals surface area (Å²) in [5.41, 5.74) is 7.65. The summed E-state index contributed by atoms with van der Waals surface area (Å²) >= 11 is 0. The molecule has 1 aromatic heterocycles. The highest BCUT2D eigenvalue weighted by Crippen LogP contribution is 2.27. The molecular weight excluding hydrogens is 242 g/mol. The Morgan fingerprint density at radius 2 is 2.11 bits per heavy atom. The van der Waals surface area contributed by atoms with E-state index in [0.29, 0.717) is 11.4 Å². The number of carboxylic acid groups (broad SMARTS) is 1. The van der Waals surface area contributed by atoms with E-state index >= 15 is 0 Å². The van der Waals surface area contributed by atoms with Gasteiger partial charge in [0.15, 0.2) is 0 Å². The molecule has 19 heavy (non-hydrogen) atoms. The van der Waals surface area contributed by atoms with E-state index in [1.54, 1.807) is 18.3 Å². The van der Waals surface area contributed by atoms with Crippen LogP contribution in [0.3, 0.4) is 0 Å². The van der Waals surface area contributed by atoms with E-state index in [1.165, 1.54) is 6.07 Å². The van der Waals surface area contributed by atoms with Crippen LogP contribution in [0.2, 0.25) is 0 Å². The van der Waals surface area contributed by atoms with E-state index in [4.69, 9.17) is 10.8 Å². The van der Waals surface area contributed by atoms with Crippen LogP contribution in [0.5, 0.6) is 0 Å². The van der Waals surface area contributed by atoms with Crippen molar-refractivity contribution in [1.82, 2.24) is 4.98 Å². The Morgan fingerprint density at radius 3 is 2.74 bits per heavy atom. The summed E-state index contributed by atoms with van der Waals surface area (Å²) in [6, 6.07) is 10.3. The van der Waals surface area contributed by atoms with Gasteiger partial charge in [-0.2, -0.15) is 0 Å². The first-order valence-electron chi connectivity index (χ1n) is 5.89. The minimum atomic E-state index is -1.01. The zero-order chi connectivity index (χ0) is 13.8. The molecule has 2 aromatic rings. The zero-order valence-electron chi connectivity index (χ0n) is 10.5. The number of hydrogen-bond acceptors (Lipinski definition) is 4. The first kappa shape index (κ1) is 12.9. The fourth-order valence-corrected chi connectivity index (χ4v) is 1.83. The lowest BCUT2D eigenvalue weighted by Crippen LogP contribution is -2.13. The molecule has 4 N–H and O–H groups in total. The number of nitrogens with zero attached hydrogens (tertiary/aromatic N) is 1. The van der Waals surface area contributed by atoms with Crippen LogP contribution in [-0.4, -0.2) is 16.1 Å². The lowest BCUT2D eigenvalue weighted by Gasteiger charge is -2.18. The van der Waals surface area contributed by atoms with E-state index in [0.717, 1.165) is 5.69 Å². The lowest BCUT2D eigenvalue weighted by molar-refractivity contribution is 0.0698. The van der Waals surface area contributed by atoms with Crippen molar-refractivity contribution in [3.8, 4) is 0 Å². The van der Waals surface area contributed by atoms with Crippen LogP contribution in [0.15, 0.2) is 42.6 Å². The number of benzene rings is 1. The molecule has 1 unspecified atom stereocenters. The molecule has 0 aliphatic carbocycles. The molecule has 1 heterocycles. The van der Waals surface area contributed by atoms with Crippen molar-refractivity contribution in [3.63, 3.8) is 0 Å². The largest absolute Gasteiger partial charge is 0.478 e. The van der Waals surface area contributed by atoms with Gasteiger partial charge in [-0.05, 0) is 31.2 Å². The molecule has 0 aliphatic rings. The summed E-state index contributed by atoms with van der Waals surface area (Å²) in [6.07, 6.45) is 1.69. The second-order valence-electron chi connectivity index (χ2n) is 4.20. The zero-order valence-corrected chi connectivity index (χ0v) is 10.5. The quantitative estimate of drug-likeness (QED) is 0.732. The standard InChI is InChI=1S/C14H15N3O2/c1-9(12-7-2-3-8-16-12)17-13-10(14(18)19)5-4-6-11(13)15/h2-9,17H,15H2,1H3,(H,18,19). The molecule has 0 amide bonds. The second-order valence-corrected chi connectivity index (χ2v) is 4.20. The summed E-state index contributed by atoms with van der Waals surface area (Å²) in [7, 11) is 0. The van der Waals surface area contributed by atoms with Crippen LogP contribution in [0, 0.1) is 0 Å². The van der Waals surface area contributed by atoms with E-state index in [-0.39, 0.29) is 11.6 Å². The fourth-order valence-electron chi connectivity index (χ4n) is 1.83. The minimum absolute atomic E-state index is 0.135. The van der Waals surface area contributed by atoms with E-state index in [1.807, 2.05) is 25.1 Å². The number of carbonyl (C=O) groups is 1. The van der Waals surface area contributed by atoms with Crippen molar-refractivity contribution >= 4 is 17.3 Å². The predicted molar refractivity (Wildman–Crippen MR) is 74.1 cm³/mol. The molecule has 2 rings (SSSR count). The number of pyridine rings is 1. The summed E-state index contributed by atoms with van der Waals surface area (Å²) in [6.45, 7) is 1.90. The lowest BCUT2D eigenvalue weighted by atomic mass is 10.1. The number of nitrogens with one attached hydrogen (secondary N) is 1. The number of anilines is 2. The maximum atomic E-state index is 11.2. The number of carboxylic acids is 1. The van der Waals surface area contributed by atoms with Gasteiger partial charge in [-0.15, -0.1) is 0 Å². The van der Waals surface area contributed by atoms with Gasteiger partial charge in [0.25, 0.3) is 0 Å². The fraction of sp³-hybridized carbons (Fsp3) is 0.143. The van der Waals surface area contributed by atoms with Gasteiger partial charge in [0.2, 0.25) is 0 Å². The molecule has 0 saturated carbocycles. The van der Waals surface area contributed by atoms with Crippen LogP contribution < -0.4 is 11.1 Å².